The maximum atomic E-state index is 13.4. The molecule has 7 heteroatoms. The lowest BCUT2D eigenvalue weighted by molar-refractivity contribution is -0.121. The topological polar surface area (TPSA) is 58.6 Å². The molecule has 1 N–H and O–H groups in total. The highest BCUT2D eigenvalue weighted by atomic mass is 19.1. The van der Waals surface area contributed by atoms with Crippen LogP contribution in [0.1, 0.15) is 30.1 Å². The first-order valence-electron chi connectivity index (χ1n) is 8.42. The minimum Gasteiger partial charge on any atom is -0.379 e. The molecule has 1 saturated carbocycles. The van der Waals surface area contributed by atoms with E-state index in [4.69, 9.17) is 4.74 Å². The van der Waals surface area contributed by atoms with Crippen LogP contribution in [0.5, 0.6) is 0 Å². The van der Waals surface area contributed by atoms with Gasteiger partial charge in [-0.05, 0) is 36.8 Å². The van der Waals surface area contributed by atoms with Crippen LogP contribution in [-0.4, -0.2) is 49.1 Å². The van der Waals surface area contributed by atoms with Gasteiger partial charge in [0, 0.05) is 38.8 Å². The predicted molar refractivity (Wildman–Crippen MR) is 86.9 cm³/mol. The number of carbonyl (C=O) groups is 2. The number of ether oxygens (including phenoxy) is 1. The molecule has 4 atom stereocenters. The number of benzene rings is 1. The van der Waals surface area contributed by atoms with Gasteiger partial charge in [-0.1, -0.05) is 0 Å². The maximum Gasteiger partial charge on any atom is 0.254 e. The molecule has 136 valence electrons. The maximum absolute atomic E-state index is 13.4. The Hall–Kier alpha value is -2.02. The molecule has 2 amide bonds. The van der Waals surface area contributed by atoms with Crippen molar-refractivity contribution in [1.82, 2.24) is 10.2 Å². The number of hydrogen-bond acceptors (Lipinski definition) is 3. The summed E-state index contributed by atoms with van der Waals surface area (Å²) in [6.07, 6.45) is 1.38. The molecule has 2 aliphatic rings. The van der Waals surface area contributed by atoms with Gasteiger partial charge >= 0.3 is 0 Å². The highest BCUT2D eigenvalue weighted by Crippen LogP contribution is 2.38. The molecule has 5 nitrogen and oxygen atoms in total. The van der Waals surface area contributed by atoms with Gasteiger partial charge in [-0.2, -0.15) is 0 Å². The summed E-state index contributed by atoms with van der Waals surface area (Å²) >= 11 is 0. The summed E-state index contributed by atoms with van der Waals surface area (Å²) in [6.45, 7) is 2.53. The second-order valence-electron chi connectivity index (χ2n) is 6.94. The van der Waals surface area contributed by atoms with Crippen LogP contribution in [0.2, 0.25) is 0 Å². The Morgan fingerprint density at radius 2 is 1.72 bits per heavy atom. The quantitative estimate of drug-likeness (QED) is 0.905. The van der Waals surface area contributed by atoms with Crippen molar-refractivity contribution in [1.29, 1.82) is 0 Å². The van der Waals surface area contributed by atoms with Crippen molar-refractivity contribution in [2.75, 3.05) is 20.2 Å². The number of hydrogen-bond donors (Lipinski definition) is 1. The van der Waals surface area contributed by atoms with Gasteiger partial charge in [0.05, 0.1) is 12.1 Å². The lowest BCUT2D eigenvalue weighted by atomic mass is 9.77. The summed E-state index contributed by atoms with van der Waals surface area (Å²) in [5.41, 5.74) is 0.0258. The van der Waals surface area contributed by atoms with Crippen LogP contribution in [0.15, 0.2) is 18.2 Å². The average molecular weight is 352 g/mol. The molecule has 1 heterocycles. The van der Waals surface area contributed by atoms with Crippen LogP contribution < -0.4 is 5.32 Å². The second-order valence-corrected chi connectivity index (χ2v) is 6.94. The van der Waals surface area contributed by atoms with Crippen LogP contribution in [0, 0.1) is 23.5 Å². The largest absolute Gasteiger partial charge is 0.379 e. The number of rotatable bonds is 3. The van der Waals surface area contributed by atoms with Crippen molar-refractivity contribution in [3.8, 4) is 0 Å². The Labute approximate surface area is 145 Å². The van der Waals surface area contributed by atoms with Crippen LogP contribution in [0.25, 0.3) is 0 Å². The first-order chi connectivity index (χ1) is 11.9. The van der Waals surface area contributed by atoms with E-state index in [0.29, 0.717) is 13.1 Å². The first kappa shape index (κ1) is 17.8. The molecule has 1 aromatic carbocycles. The van der Waals surface area contributed by atoms with E-state index in [-0.39, 0.29) is 41.4 Å². The molecule has 1 saturated heterocycles. The van der Waals surface area contributed by atoms with Crippen LogP contribution in [0.4, 0.5) is 8.78 Å². The average Bonchev–Trinajstić information content (AvgIpc) is 2.94. The van der Waals surface area contributed by atoms with Gasteiger partial charge in [0.15, 0.2) is 0 Å². The number of nitrogens with zero attached hydrogens (tertiary/aromatic N) is 1. The van der Waals surface area contributed by atoms with E-state index in [1.54, 1.807) is 12.0 Å². The van der Waals surface area contributed by atoms with Gasteiger partial charge in [0.1, 0.15) is 11.6 Å². The van der Waals surface area contributed by atoms with E-state index >= 15 is 0 Å². The van der Waals surface area contributed by atoms with Crippen LogP contribution in [0.3, 0.4) is 0 Å². The number of methoxy groups -OCH3 is 1. The normalized spacial score (nSPS) is 28.6. The van der Waals surface area contributed by atoms with Crippen molar-refractivity contribution in [2.24, 2.45) is 11.8 Å². The number of fused-ring (bicyclic) bond motifs is 1. The third-order valence-corrected chi connectivity index (χ3v) is 5.21. The second kappa shape index (κ2) is 7.07. The van der Waals surface area contributed by atoms with Gasteiger partial charge in [0.25, 0.3) is 5.91 Å². The third-order valence-electron chi connectivity index (χ3n) is 5.21. The Kier molecular flexibility index (Phi) is 5.03. The Morgan fingerprint density at radius 1 is 1.12 bits per heavy atom. The lowest BCUT2D eigenvalue weighted by Gasteiger charge is -2.37. The molecule has 0 bridgehead atoms. The van der Waals surface area contributed by atoms with Gasteiger partial charge in [-0.25, -0.2) is 8.78 Å². The smallest absolute Gasteiger partial charge is 0.254 e. The Morgan fingerprint density at radius 3 is 2.28 bits per heavy atom. The fourth-order valence-corrected chi connectivity index (χ4v) is 4.11. The number of amides is 2. The Bertz CT molecular complexity index is 662. The summed E-state index contributed by atoms with van der Waals surface area (Å²) in [7, 11) is 1.62. The van der Waals surface area contributed by atoms with Crippen LogP contribution in [-0.2, 0) is 9.53 Å². The summed E-state index contributed by atoms with van der Waals surface area (Å²) in [6, 6.07) is 2.80. The van der Waals surface area contributed by atoms with Gasteiger partial charge < -0.3 is 15.0 Å². The molecule has 25 heavy (non-hydrogen) atoms. The molecule has 0 aromatic heterocycles. The number of carbonyl (C=O) groups excluding carboxylic acids is 2. The minimum atomic E-state index is -0.759. The standard InChI is InChI=1S/C18H22F2N2O3/c1-10(23)21-16-5-12-8-22(9-13(12)6-17(16)25-2)18(24)11-3-14(19)7-15(20)4-11/h3-4,7,12-13,16-17H,5-6,8-9H2,1-2H3,(H,21,23)/t12-,13+,16-,17-/m1/s1. The molecule has 0 unspecified atom stereocenters. The van der Waals surface area contributed by atoms with Crippen molar-refractivity contribution >= 4 is 11.8 Å². The van der Waals surface area contributed by atoms with E-state index < -0.39 is 11.6 Å². The van der Waals surface area contributed by atoms with Crippen molar-refractivity contribution in [3.05, 3.63) is 35.4 Å². The highest BCUT2D eigenvalue weighted by Gasteiger charge is 2.44. The van der Waals surface area contributed by atoms with E-state index in [0.717, 1.165) is 31.0 Å². The zero-order chi connectivity index (χ0) is 18.1. The van der Waals surface area contributed by atoms with E-state index in [1.807, 2.05) is 0 Å². The number of likely N-dealkylation sites (tertiary alicyclic amines) is 1. The summed E-state index contributed by atoms with van der Waals surface area (Å²) in [5, 5.41) is 2.92. The number of halogens is 2. The van der Waals surface area contributed by atoms with E-state index in [9.17, 15) is 18.4 Å². The van der Waals surface area contributed by atoms with Gasteiger partial charge in [-0.15, -0.1) is 0 Å². The molecule has 1 aliphatic carbocycles. The van der Waals surface area contributed by atoms with Gasteiger partial charge in [-0.3, -0.25) is 9.59 Å². The molecule has 1 aromatic rings. The molecule has 0 radical (unpaired) electrons. The minimum absolute atomic E-state index is 0.0258. The SMILES string of the molecule is CO[C@@H]1C[C@H]2CN(C(=O)c3cc(F)cc(F)c3)C[C@H]2C[C@H]1NC(C)=O. The van der Waals surface area contributed by atoms with Crippen molar-refractivity contribution in [3.63, 3.8) is 0 Å². The zero-order valence-corrected chi connectivity index (χ0v) is 14.3. The first-order valence-corrected chi connectivity index (χ1v) is 8.42. The molecule has 1 aliphatic heterocycles. The molecule has 3 rings (SSSR count). The third kappa shape index (κ3) is 3.81. The number of nitrogens with one attached hydrogen (secondary N) is 1. The molecular weight excluding hydrogens is 330 g/mol. The lowest BCUT2D eigenvalue weighted by Crippen LogP contribution is -2.49. The fraction of sp³-hybridized carbons (Fsp3) is 0.556. The predicted octanol–water partition coefficient (Wildman–Crippen LogP) is 1.97. The molecule has 2 fully saturated rings. The van der Waals surface area contributed by atoms with Crippen molar-refractivity contribution < 1.29 is 23.1 Å². The Balaban J connectivity index is 1.72. The van der Waals surface area contributed by atoms with E-state index in [2.05, 4.69) is 5.32 Å². The molecule has 0 spiro atoms. The van der Waals surface area contributed by atoms with E-state index in [1.165, 1.54) is 6.92 Å². The summed E-state index contributed by atoms with van der Waals surface area (Å²) in [5.74, 6) is -1.48. The fourth-order valence-electron chi connectivity index (χ4n) is 4.11. The zero-order valence-electron chi connectivity index (χ0n) is 14.3. The van der Waals surface area contributed by atoms with Crippen LogP contribution >= 0.6 is 0 Å². The van der Waals surface area contributed by atoms with Gasteiger partial charge in [0.2, 0.25) is 5.91 Å². The van der Waals surface area contributed by atoms with Crippen molar-refractivity contribution in [2.45, 2.75) is 31.9 Å². The highest BCUT2D eigenvalue weighted by molar-refractivity contribution is 5.94. The molecular formula is C18H22F2N2O3. The summed E-state index contributed by atoms with van der Waals surface area (Å²) in [4.78, 5) is 25.6. The summed E-state index contributed by atoms with van der Waals surface area (Å²) < 4.78 is 32.3. The monoisotopic (exact) mass is 352 g/mol.